The Morgan fingerprint density at radius 3 is 2.62 bits per heavy atom. The molecule has 10 heteroatoms. The van der Waals surface area contributed by atoms with Crippen LogP contribution in [0, 0.1) is 0 Å². The van der Waals surface area contributed by atoms with Crippen LogP contribution in [0.3, 0.4) is 0 Å². The summed E-state index contributed by atoms with van der Waals surface area (Å²) in [7, 11) is -3.13. The van der Waals surface area contributed by atoms with Crippen molar-refractivity contribution in [2.75, 3.05) is 11.5 Å². The molecule has 0 unspecified atom stereocenters. The number of rotatable bonds is 4. The predicted octanol–water partition coefficient (Wildman–Crippen LogP) is -0.878. The molecule has 1 amide bonds. The molecule has 1 aromatic heterocycles. The van der Waals surface area contributed by atoms with Gasteiger partial charge in [0, 0.05) is 0 Å². The van der Waals surface area contributed by atoms with Gasteiger partial charge in [0.25, 0.3) is 0 Å². The van der Waals surface area contributed by atoms with Gasteiger partial charge < -0.3 is 5.32 Å². The Labute approximate surface area is 138 Å². The van der Waals surface area contributed by atoms with Gasteiger partial charge in [0.15, 0.2) is 9.84 Å². The zero-order valence-corrected chi connectivity index (χ0v) is 13.9. The van der Waals surface area contributed by atoms with E-state index in [2.05, 4.69) is 15.7 Å². The van der Waals surface area contributed by atoms with Crippen molar-refractivity contribution in [3.8, 4) is 5.69 Å². The highest BCUT2D eigenvalue weighted by Gasteiger charge is 2.39. The van der Waals surface area contributed by atoms with Gasteiger partial charge >= 0.3 is 5.69 Å². The second kappa shape index (κ2) is 5.86. The van der Waals surface area contributed by atoms with Crippen LogP contribution >= 0.6 is 0 Å². The summed E-state index contributed by atoms with van der Waals surface area (Å²) in [4.78, 5) is 24.4. The Hall–Kier alpha value is -2.49. The van der Waals surface area contributed by atoms with E-state index in [1.54, 1.807) is 31.2 Å². The van der Waals surface area contributed by atoms with Crippen LogP contribution in [0.4, 0.5) is 0 Å². The monoisotopic (exact) mass is 351 g/mol. The van der Waals surface area contributed by atoms with E-state index in [4.69, 9.17) is 0 Å². The van der Waals surface area contributed by atoms with E-state index in [0.717, 1.165) is 9.36 Å². The zero-order chi connectivity index (χ0) is 17.4. The lowest BCUT2D eigenvalue weighted by Gasteiger charge is -2.23. The number of sulfone groups is 1. The molecule has 0 spiro atoms. The van der Waals surface area contributed by atoms with E-state index < -0.39 is 27.0 Å². The lowest BCUT2D eigenvalue weighted by molar-refractivity contribution is -0.123. The molecule has 3 rings (SSSR count). The Balaban J connectivity index is 1.72. The maximum atomic E-state index is 12.3. The molecule has 1 fully saturated rings. The molecule has 24 heavy (non-hydrogen) atoms. The molecule has 0 bridgehead atoms. The number of nitrogens with one attached hydrogen (secondary N) is 1. The third kappa shape index (κ3) is 3.37. The molecule has 1 atom stereocenters. The van der Waals surface area contributed by atoms with Gasteiger partial charge in [0.1, 0.15) is 6.54 Å². The van der Waals surface area contributed by atoms with Crippen LogP contribution in [0.15, 0.2) is 35.1 Å². The first-order valence-electron chi connectivity index (χ1n) is 7.38. The minimum Gasteiger partial charge on any atom is -0.348 e. The van der Waals surface area contributed by atoms with Crippen LogP contribution in [0.1, 0.15) is 13.3 Å². The lowest BCUT2D eigenvalue weighted by Crippen LogP contribution is -2.48. The molecular weight excluding hydrogens is 334 g/mol. The maximum absolute atomic E-state index is 12.3. The van der Waals surface area contributed by atoms with Gasteiger partial charge in [-0.15, -0.1) is 0 Å². The highest BCUT2D eigenvalue weighted by molar-refractivity contribution is 7.91. The smallest absolute Gasteiger partial charge is 0.348 e. The molecule has 9 nitrogen and oxygen atoms in total. The fraction of sp³-hybridized carbons (Fsp3) is 0.429. The van der Waals surface area contributed by atoms with E-state index >= 15 is 0 Å². The van der Waals surface area contributed by atoms with Crippen LogP contribution in [-0.4, -0.2) is 51.2 Å². The Kier molecular flexibility index (Phi) is 3.99. The predicted molar refractivity (Wildman–Crippen MR) is 85.4 cm³/mol. The molecule has 0 radical (unpaired) electrons. The first kappa shape index (κ1) is 16.4. The van der Waals surface area contributed by atoms with E-state index in [9.17, 15) is 18.0 Å². The second-order valence-electron chi connectivity index (χ2n) is 6.12. The molecular formula is C14H17N5O4S. The zero-order valence-electron chi connectivity index (χ0n) is 13.0. The number of nitrogens with zero attached hydrogens (tertiary/aromatic N) is 4. The molecule has 1 aliphatic heterocycles. The standard InChI is InChI=1S/C14H17N5O4S/c1-14(7-8-24(22,23)10-14)15-12(20)9-18-13(21)19(17-16-18)11-5-3-2-4-6-11/h2-6H,7-10H2,1H3,(H,15,20)/t14-/m0/s1. The third-order valence-electron chi connectivity index (χ3n) is 3.88. The van der Waals surface area contributed by atoms with Crippen LogP contribution < -0.4 is 11.0 Å². The summed E-state index contributed by atoms with van der Waals surface area (Å²) in [5, 5.41) is 10.1. The van der Waals surface area contributed by atoms with Crippen molar-refractivity contribution in [1.29, 1.82) is 0 Å². The van der Waals surface area contributed by atoms with Crippen LogP contribution in [-0.2, 0) is 21.2 Å². The van der Waals surface area contributed by atoms with Crippen molar-refractivity contribution in [2.45, 2.75) is 25.4 Å². The normalized spacial score (nSPS) is 22.4. The number of tetrazole rings is 1. The minimum absolute atomic E-state index is 0.0495. The fourth-order valence-corrected chi connectivity index (χ4v) is 4.82. The van der Waals surface area contributed by atoms with Crippen molar-refractivity contribution in [2.24, 2.45) is 0 Å². The summed E-state index contributed by atoms with van der Waals surface area (Å²) in [6.45, 7) is 1.36. The molecule has 1 aliphatic rings. The van der Waals surface area contributed by atoms with Gasteiger partial charge in [-0.3, -0.25) is 4.79 Å². The van der Waals surface area contributed by atoms with Crippen molar-refractivity contribution >= 4 is 15.7 Å². The molecule has 1 aromatic carbocycles. The average Bonchev–Trinajstić information content (AvgIpc) is 3.00. The molecule has 0 saturated carbocycles. The molecule has 2 heterocycles. The van der Waals surface area contributed by atoms with Crippen molar-refractivity contribution in [1.82, 2.24) is 25.1 Å². The molecule has 0 aliphatic carbocycles. The summed E-state index contributed by atoms with van der Waals surface area (Å²) in [6, 6.07) is 8.72. The second-order valence-corrected chi connectivity index (χ2v) is 8.30. The van der Waals surface area contributed by atoms with Crippen LogP contribution in [0.2, 0.25) is 0 Å². The van der Waals surface area contributed by atoms with Gasteiger partial charge in [-0.2, -0.15) is 9.36 Å². The maximum Gasteiger partial charge on any atom is 0.368 e. The number of hydrogen-bond acceptors (Lipinski definition) is 6. The summed E-state index contributed by atoms with van der Waals surface area (Å²) in [5.41, 5.74) is -0.807. The number of carbonyl (C=O) groups excluding carboxylic acids is 1. The molecule has 128 valence electrons. The molecule has 1 N–H and O–H groups in total. The van der Waals surface area contributed by atoms with Gasteiger partial charge in [-0.1, -0.05) is 18.2 Å². The summed E-state index contributed by atoms with van der Waals surface area (Å²) in [5.74, 6) is -0.526. The first-order valence-corrected chi connectivity index (χ1v) is 9.20. The van der Waals surface area contributed by atoms with Crippen LogP contribution in [0.25, 0.3) is 5.69 Å². The highest BCUT2D eigenvalue weighted by atomic mass is 32.2. The third-order valence-corrected chi connectivity index (χ3v) is 5.78. The number of amides is 1. The molecule has 2 aromatic rings. The van der Waals surface area contributed by atoms with Crippen molar-refractivity contribution in [3.05, 3.63) is 40.8 Å². The minimum atomic E-state index is -3.13. The fourth-order valence-electron chi connectivity index (χ4n) is 2.73. The van der Waals surface area contributed by atoms with Gasteiger partial charge in [0.05, 0.1) is 22.7 Å². The van der Waals surface area contributed by atoms with Crippen LogP contribution in [0.5, 0.6) is 0 Å². The quantitative estimate of drug-likeness (QED) is 0.765. The average molecular weight is 351 g/mol. The van der Waals surface area contributed by atoms with Gasteiger partial charge in [-0.25, -0.2) is 13.2 Å². The van der Waals surface area contributed by atoms with Crippen molar-refractivity contribution < 1.29 is 13.2 Å². The topological polar surface area (TPSA) is 116 Å². The largest absolute Gasteiger partial charge is 0.368 e. The van der Waals surface area contributed by atoms with Gasteiger partial charge in [0.2, 0.25) is 5.91 Å². The first-order chi connectivity index (χ1) is 11.3. The molecule has 1 saturated heterocycles. The highest BCUT2D eigenvalue weighted by Crippen LogP contribution is 2.22. The van der Waals surface area contributed by atoms with E-state index in [-0.39, 0.29) is 18.1 Å². The summed E-state index contributed by atoms with van der Waals surface area (Å²) >= 11 is 0. The van der Waals surface area contributed by atoms with E-state index in [1.165, 1.54) is 0 Å². The van der Waals surface area contributed by atoms with E-state index in [1.807, 2.05) is 6.07 Å². The van der Waals surface area contributed by atoms with Gasteiger partial charge in [-0.05, 0) is 35.9 Å². The number of para-hydroxylation sites is 1. The SMILES string of the molecule is C[C@]1(NC(=O)Cn2nnn(-c3ccccc3)c2=O)CCS(=O)(=O)C1. The Bertz CT molecular complexity index is 918. The Morgan fingerprint density at radius 2 is 2.00 bits per heavy atom. The summed E-state index contributed by atoms with van der Waals surface area (Å²) < 4.78 is 25.2. The number of carbonyl (C=O) groups is 1. The van der Waals surface area contributed by atoms with E-state index in [0.29, 0.717) is 12.1 Å². The lowest BCUT2D eigenvalue weighted by atomic mass is 10.0. The number of aromatic nitrogens is 4. The number of benzene rings is 1. The summed E-state index contributed by atoms with van der Waals surface area (Å²) in [6.07, 6.45) is 0.354. The Morgan fingerprint density at radius 1 is 1.29 bits per heavy atom. The van der Waals surface area contributed by atoms with Crippen molar-refractivity contribution in [3.63, 3.8) is 0 Å². The number of hydrogen-bond donors (Lipinski definition) is 1.